The van der Waals surface area contributed by atoms with Crippen LogP contribution < -0.4 is 0 Å². The number of fused-ring (bicyclic) bond motifs is 1. The van der Waals surface area contributed by atoms with Gasteiger partial charge in [0.25, 0.3) is 0 Å². The van der Waals surface area contributed by atoms with Crippen LogP contribution in [0.5, 0.6) is 0 Å². The molecule has 19 heavy (non-hydrogen) atoms. The van der Waals surface area contributed by atoms with E-state index in [-0.39, 0.29) is 0 Å². The predicted octanol–water partition coefficient (Wildman–Crippen LogP) is 2.20. The molecule has 1 aliphatic carbocycles. The van der Waals surface area contributed by atoms with Crippen molar-refractivity contribution in [2.24, 2.45) is 11.3 Å². The number of hydrogen-bond acceptors (Lipinski definition) is 4. The molecule has 0 atom stereocenters. The fraction of sp³-hybridized carbons (Fsp3) is 0.643. The Kier molecular flexibility index (Phi) is 3.01. The minimum Gasteiger partial charge on any atom is -0.384 e. The van der Waals surface area contributed by atoms with Crippen molar-refractivity contribution in [1.82, 2.24) is 19.7 Å². The van der Waals surface area contributed by atoms with Crippen molar-refractivity contribution in [3.8, 4) is 0 Å². The average Bonchev–Trinajstić information content (AvgIpc) is 2.70. The molecule has 5 heteroatoms. The number of nitrogens with zero attached hydrogens (tertiary/aromatic N) is 4. The van der Waals surface area contributed by atoms with E-state index in [2.05, 4.69) is 22.0 Å². The van der Waals surface area contributed by atoms with Gasteiger partial charge in [0, 0.05) is 19.9 Å². The van der Waals surface area contributed by atoms with Gasteiger partial charge in [0.1, 0.15) is 5.52 Å². The lowest BCUT2D eigenvalue weighted by Crippen LogP contribution is -2.40. The first-order valence-electron chi connectivity index (χ1n) is 6.74. The quantitative estimate of drug-likeness (QED) is 0.845. The van der Waals surface area contributed by atoms with Gasteiger partial charge in [0.15, 0.2) is 5.65 Å². The molecule has 1 aliphatic rings. The minimum absolute atomic E-state index is 0.351. The number of hydrogen-bond donors (Lipinski definition) is 0. The van der Waals surface area contributed by atoms with Gasteiger partial charge in [-0.25, -0.2) is 14.6 Å². The van der Waals surface area contributed by atoms with Crippen LogP contribution in [0.4, 0.5) is 0 Å². The molecule has 0 bridgehead atoms. The van der Waals surface area contributed by atoms with Crippen molar-refractivity contribution in [2.45, 2.75) is 33.2 Å². The Morgan fingerprint density at radius 2 is 2.21 bits per heavy atom. The Balaban J connectivity index is 1.72. The van der Waals surface area contributed by atoms with Gasteiger partial charge in [0.2, 0.25) is 0 Å². The molecule has 5 nitrogen and oxygen atoms in total. The maximum atomic E-state index is 5.27. The summed E-state index contributed by atoms with van der Waals surface area (Å²) < 4.78 is 7.27. The second-order valence-electron chi connectivity index (χ2n) is 6.06. The van der Waals surface area contributed by atoms with Crippen molar-refractivity contribution in [1.29, 1.82) is 0 Å². The number of aryl methyl sites for hydroxylation is 1. The molecule has 3 rings (SSSR count). The molecule has 2 aromatic rings. The maximum absolute atomic E-state index is 5.27. The second kappa shape index (κ2) is 4.56. The average molecular weight is 260 g/mol. The summed E-state index contributed by atoms with van der Waals surface area (Å²) in [5.41, 5.74) is 3.07. The molecule has 2 aromatic heterocycles. The highest BCUT2D eigenvalue weighted by molar-refractivity contribution is 5.68. The van der Waals surface area contributed by atoms with Crippen LogP contribution in [0.15, 0.2) is 12.4 Å². The van der Waals surface area contributed by atoms with E-state index in [9.17, 15) is 0 Å². The topological polar surface area (TPSA) is 52.8 Å². The first kappa shape index (κ1) is 12.5. The van der Waals surface area contributed by atoms with Crippen molar-refractivity contribution < 1.29 is 4.74 Å². The van der Waals surface area contributed by atoms with E-state index in [1.807, 2.05) is 11.6 Å². The van der Waals surface area contributed by atoms with Crippen LogP contribution in [-0.2, 0) is 11.3 Å². The minimum atomic E-state index is 0.351. The summed E-state index contributed by atoms with van der Waals surface area (Å²) in [6, 6.07) is 0. The van der Waals surface area contributed by atoms with Crippen molar-refractivity contribution in [3.63, 3.8) is 0 Å². The van der Waals surface area contributed by atoms with E-state index in [0.29, 0.717) is 11.3 Å². The summed E-state index contributed by atoms with van der Waals surface area (Å²) >= 11 is 0. The van der Waals surface area contributed by atoms with Gasteiger partial charge in [-0.3, -0.25) is 0 Å². The van der Waals surface area contributed by atoms with Gasteiger partial charge in [-0.2, -0.15) is 5.10 Å². The molecule has 0 aromatic carbocycles. The van der Waals surface area contributed by atoms with Gasteiger partial charge < -0.3 is 4.74 Å². The van der Waals surface area contributed by atoms with Gasteiger partial charge in [-0.1, -0.05) is 6.92 Å². The predicted molar refractivity (Wildman–Crippen MR) is 72.8 cm³/mol. The molecule has 0 radical (unpaired) electrons. The zero-order chi connectivity index (χ0) is 13.5. The van der Waals surface area contributed by atoms with E-state index in [1.165, 1.54) is 12.8 Å². The maximum Gasteiger partial charge on any atom is 0.177 e. The van der Waals surface area contributed by atoms with Crippen LogP contribution in [0.1, 0.15) is 25.5 Å². The molecule has 0 saturated heterocycles. The molecule has 2 heterocycles. The largest absolute Gasteiger partial charge is 0.384 e. The smallest absolute Gasteiger partial charge is 0.177 e. The first-order valence-corrected chi connectivity index (χ1v) is 6.74. The molecule has 0 amide bonds. The zero-order valence-electron chi connectivity index (χ0n) is 11.8. The first-order chi connectivity index (χ1) is 9.09. The van der Waals surface area contributed by atoms with E-state index >= 15 is 0 Å². The normalized spacial score (nSPS) is 26.6. The Hall–Kier alpha value is -1.49. The van der Waals surface area contributed by atoms with Crippen LogP contribution >= 0.6 is 0 Å². The molecule has 0 N–H and O–H groups in total. The highest BCUT2D eigenvalue weighted by Crippen LogP contribution is 2.46. The van der Waals surface area contributed by atoms with E-state index in [0.717, 1.165) is 30.0 Å². The molecule has 1 fully saturated rings. The third kappa shape index (κ3) is 2.34. The van der Waals surface area contributed by atoms with Crippen molar-refractivity contribution in [3.05, 3.63) is 18.1 Å². The second-order valence-corrected chi connectivity index (χ2v) is 6.06. The molecule has 0 spiro atoms. The van der Waals surface area contributed by atoms with E-state index in [4.69, 9.17) is 4.74 Å². The van der Waals surface area contributed by atoms with Gasteiger partial charge in [0.05, 0.1) is 18.5 Å². The molecule has 0 aliphatic heterocycles. The number of ether oxygens (including phenoxy) is 1. The summed E-state index contributed by atoms with van der Waals surface area (Å²) in [4.78, 5) is 8.88. The molecule has 1 saturated carbocycles. The Bertz CT molecular complexity index is 586. The monoisotopic (exact) mass is 260 g/mol. The Morgan fingerprint density at radius 1 is 1.42 bits per heavy atom. The highest BCUT2D eigenvalue weighted by atomic mass is 16.5. The lowest BCUT2D eigenvalue weighted by atomic mass is 9.63. The van der Waals surface area contributed by atoms with Gasteiger partial charge in [-0.05, 0) is 31.1 Å². The standard InChI is InChI=1S/C14H20N4O/c1-10-6-15-12-7-16-18(13(12)17-10)8-11-4-14(2,5-11)9-19-3/h6-7,11H,4-5,8-9H2,1-3H3. The van der Waals surface area contributed by atoms with E-state index in [1.54, 1.807) is 19.5 Å². The van der Waals surface area contributed by atoms with Gasteiger partial charge in [-0.15, -0.1) is 0 Å². The Labute approximate surface area is 113 Å². The lowest BCUT2D eigenvalue weighted by molar-refractivity contribution is -0.0154. The molecular weight excluding hydrogens is 240 g/mol. The van der Waals surface area contributed by atoms with Crippen LogP contribution in [0.25, 0.3) is 11.2 Å². The van der Waals surface area contributed by atoms with E-state index < -0.39 is 0 Å². The SMILES string of the molecule is COCC1(C)CC(Cn2ncc3ncc(C)nc32)C1. The lowest BCUT2D eigenvalue weighted by Gasteiger charge is -2.44. The highest BCUT2D eigenvalue weighted by Gasteiger charge is 2.40. The summed E-state index contributed by atoms with van der Waals surface area (Å²) in [6.45, 7) is 6.03. The van der Waals surface area contributed by atoms with Crippen molar-refractivity contribution in [2.75, 3.05) is 13.7 Å². The van der Waals surface area contributed by atoms with Crippen LogP contribution in [0.2, 0.25) is 0 Å². The summed E-state index contributed by atoms with van der Waals surface area (Å²) in [6.07, 6.45) is 5.98. The van der Waals surface area contributed by atoms with Crippen LogP contribution in [0.3, 0.4) is 0 Å². The molecular formula is C14H20N4O. The number of methoxy groups -OCH3 is 1. The summed E-state index contributed by atoms with van der Waals surface area (Å²) in [5, 5.41) is 4.41. The van der Waals surface area contributed by atoms with Crippen LogP contribution in [0, 0.1) is 18.3 Å². The summed E-state index contributed by atoms with van der Waals surface area (Å²) in [5.74, 6) is 0.672. The van der Waals surface area contributed by atoms with Crippen LogP contribution in [-0.4, -0.2) is 33.5 Å². The Morgan fingerprint density at radius 3 is 2.95 bits per heavy atom. The molecule has 102 valence electrons. The third-order valence-corrected chi connectivity index (χ3v) is 3.95. The fourth-order valence-corrected chi connectivity index (χ4v) is 3.24. The summed E-state index contributed by atoms with van der Waals surface area (Å²) in [7, 11) is 1.78. The zero-order valence-corrected chi connectivity index (χ0v) is 11.8. The van der Waals surface area contributed by atoms with Crippen molar-refractivity contribution >= 4 is 11.2 Å². The number of rotatable bonds is 4. The molecule has 0 unspecified atom stereocenters. The fourth-order valence-electron chi connectivity index (χ4n) is 3.24. The third-order valence-electron chi connectivity index (χ3n) is 3.95. The van der Waals surface area contributed by atoms with Gasteiger partial charge >= 0.3 is 0 Å². The number of aromatic nitrogens is 4.